The topological polar surface area (TPSA) is 30.7 Å². The van der Waals surface area contributed by atoms with Crippen LogP contribution in [0.4, 0.5) is 0 Å². The monoisotopic (exact) mass is 896 g/mol. The molecule has 0 bridgehead atoms. The Labute approximate surface area is 317 Å². The summed E-state index contributed by atoms with van der Waals surface area (Å²) in [6, 6.07) is 49.5. The SMILES string of the molecule is [2H]C(C)(C)c1cccc(C([2H])(C)C)c1-n1c(-c2[c-]cccc2)nc2ccccc21.[CH3][Ge]([CH3])([CH3])[c]1ccc(-c2ccnc(-c3[c-]cccc3)c2)cc1.[Ir]. The van der Waals surface area contributed by atoms with Crippen LogP contribution in [-0.4, -0.2) is 27.8 Å². The Morgan fingerprint density at radius 2 is 1.26 bits per heavy atom. The summed E-state index contributed by atoms with van der Waals surface area (Å²) in [5.41, 5.74) is 9.79. The van der Waals surface area contributed by atoms with Crippen LogP contribution in [0.25, 0.3) is 50.5 Å². The van der Waals surface area contributed by atoms with Crippen molar-refractivity contribution in [2.24, 2.45) is 0 Å². The van der Waals surface area contributed by atoms with Gasteiger partial charge in [-0.15, -0.1) is 35.9 Å². The molecule has 0 fully saturated rings. The van der Waals surface area contributed by atoms with E-state index in [0.717, 1.165) is 50.5 Å². The van der Waals surface area contributed by atoms with E-state index in [9.17, 15) is 0 Å². The number of rotatable bonds is 7. The second-order valence-electron chi connectivity index (χ2n) is 13.8. The molecule has 0 saturated carbocycles. The number of imidazole rings is 1. The molecule has 5 aromatic carbocycles. The van der Waals surface area contributed by atoms with Crippen molar-refractivity contribution in [3.63, 3.8) is 0 Å². The average molecular weight is 895 g/mol. The molecule has 5 heteroatoms. The maximum Gasteiger partial charge on any atom is 0 e. The van der Waals surface area contributed by atoms with Crippen molar-refractivity contribution in [1.82, 2.24) is 14.5 Å². The molecule has 0 aliphatic rings. The van der Waals surface area contributed by atoms with Gasteiger partial charge in [0.25, 0.3) is 0 Å². The molecule has 0 unspecified atom stereocenters. The quantitative estimate of drug-likeness (QED) is 0.118. The molecule has 0 aliphatic heterocycles. The zero-order valence-electron chi connectivity index (χ0n) is 31.9. The first kappa shape index (κ1) is 34.4. The van der Waals surface area contributed by atoms with Crippen LogP contribution in [0.3, 0.4) is 0 Å². The standard InChI is InChI=1S/C25H25N2.C20H20GeN.Ir/c1-17(2)20-13-10-14-21(18(3)4)24(20)27-23-16-9-8-15-22(23)26-25(27)19-11-6-5-7-12-19;1-21(2,3)19-11-9-16(10-12-19)18-13-14-22-20(15-18)17-7-5-4-6-8-17;/h5-11,13-18H,1-4H3;4-7,9-15H,1-3H3;/q2*-1;/i17D,18D;;. The Hall–Kier alpha value is -4.09. The summed E-state index contributed by atoms with van der Waals surface area (Å²) >= 11 is -1.73. The molecule has 0 spiro atoms. The van der Waals surface area contributed by atoms with E-state index in [4.69, 9.17) is 7.73 Å². The molecule has 0 atom stereocenters. The number of fused-ring (bicyclic) bond motifs is 1. The van der Waals surface area contributed by atoms with Crippen molar-refractivity contribution >= 4 is 28.7 Å². The molecule has 0 saturated heterocycles. The molecule has 7 aromatic rings. The van der Waals surface area contributed by atoms with Crippen LogP contribution in [0.1, 0.15) is 53.4 Å². The second-order valence-corrected chi connectivity index (χ2v) is 24.4. The molecule has 255 valence electrons. The summed E-state index contributed by atoms with van der Waals surface area (Å²) in [5.74, 6) is 6.37. The van der Waals surface area contributed by atoms with Crippen LogP contribution in [-0.2, 0) is 20.1 Å². The molecule has 1 radical (unpaired) electrons. The van der Waals surface area contributed by atoms with E-state index in [1.165, 1.54) is 15.5 Å². The van der Waals surface area contributed by atoms with Gasteiger partial charge in [0.15, 0.2) is 0 Å². The van der Waals surface area contributed by atoms with Gasteiger partial charge in [-0.1, -0.05) is 58.0 Å². The van der Waals surface area contributed by atoms with Crippen molar-refractivity contribution in [2.75, 3.05) is 0 Å². The number of para-hydroxylation sites is 3. The largest absolute Gasteiger partial charge is 0 e. The molecular weight excluding hydrogens is 847 g/mol. The van der Waals surface area contributed by atoms with Gasteiger partial charge < -0.3 is 4.57 Å². The van der Waals surface area contributed by atoms with Crippen molar-refractivity contribution < 1.29 is 22.8 Å². The van der Waals surface area contributed by atoms with Crippen LogP contribution in [0.5, 0.6) is 0 Å². The number of hydrogen-bond acceptors (Lipinski definition) is 2. The Balaban J connectivity index is 0.000000205. The van der Waals surface area contributed by atoms with Crippen molar-refractivity contribution in [3.05, 3.63) is 157 Å². The molecule has 2 heterocycles. The van der Waals surface area contributed by atoms with Crippen LogP contribution in [0, 0.1) is 12.1 Å². The van der Waals surface area contributed by atoms with Crippen LogP contribution >= 0.6 is 0 Å². The van der Waals surface area contributed by atoms with Crippen molar-refractivity contribution in [3.8, 4) is 39.5 Å². The van der Waals surface area contributed by atoms with Gasteiger partial charge in [-0.25, -0.2) is 0 Å². The minimum absolute atomic E-state index is 0. The van der Waals surface area contributed by atoms with Gasteiger partial charge >= 0.3 is 135 Å². The fourth-order valence-corrected chi connectivity index (χ4v) is 8.48. The summed E-state index contributed by atoms with van der Waals surface area (Å²) in [6.45, 7) is 7.56. The molecule has 50 heavy (non-hydrogen) atoms. The number of benzene rings is 5. The average Bonchev–Trinajstić information content (AvgIpc) is 3.51. The molecule has 3 nitrogen and oxygen atoms in total. The van der Waals surface area contributed by atoms with Crippen LogP contribution in [0.2, 0.25) is 17.3 Å². The zero-order valence-corrected chi connectivity index (χ0v) is 34.4. The van der Waals surface area contributed by atoms with Gasteiger partial charge in [-0.05, 0) is 35.0 Å². The predicted octanol–water partition coefficient (Wildman–Crippen LogP) is 11.5. The van der Waals surface area contributed by atoms with Crippen molar-refractivity contribution in [1.29, 1.82) is 0 Å². The molecule has 0 N–H and O–H groups in total. The number of aromatic nitrogens is 3. The van der Waals surface area contributed by atoms with E-state index in [2.05, 4.69) is 75.4 Å². The normalized spacial score (nSPS) is 12.3. The van der Waals surface area contributed by atoms with Gasteiger partial charge in [0.05, 0.1) is 16.9 Å². The Morgan fingerprint density at radius 1 is 0.660 bits per heavy atom. The van der Waals surface area contributed by atoms with E-state index in [-0.39, 0.29) is 20.1 Å². The predicted molar refractivity (Wildman–Crippen MR) is 210 cm³/mol. The summed E-state index contributed by atoms with van der Waals surface area (Å²) in [6.07, 6.45) is 1.88. The summed E-state index contributed by atoms with van der Waals surface area (Å²) < 4.78 is 21.2. The van der Waals surface area contributed by atoms with Crippen LogP contribution < -0.4 is 4.40 Å². The van der Waals surface area contributed by atoms with E-state index in [1.807, 2.05) is 125 Å². The number of nitrogens with zero attached hydrogens (tertiary/aromatic N) is 3. The number of hydrogen-bond donors (Lipinski definition) is 0. The maximum absolute atomic E-state index is 8.80. The van der Waals surface area contributed by atoms with Gasteiger partial charge in [0.2, 0.25) is 0 Å². The minimum Gasteiger partial charge on any atom is 0 e. The first-order valence-electron chi connectivity index (χ1n) is 17.8. The first-order chi connectivity index (χ1) is 24.2. The first-order valence-corrected chi connectivity index (χ1v) is 24.2. The zero-order chi connectivity index (χ0) is 36.4. The molecule has 2 aromatic heterocycles. The summed E-state index contributed by atoms with van der Waals surface area (Å²) in [7, 11) is 0. The summed E-state index contributed by atoms with van der Waals surface area (Å²) in [5, 5.41) is 0. The fourth-order valence-electron chi connectivity index (χ4n) is 6.03. The van der Waals surface area contributed by atoms with Gasteiger partial charge in [-0.2, -0.15) is 0 Å². The van der Waals surface area contributed by atoms with Crippen LogP contribution in [0.15, 0.2) is 134 Å². The van der Waals surface area contributed by atoms with E-state index in [1.54, 1.807) is 0 Å². The molecular formula is C45H45GeIrN3-2. The van der Waals surface area contributed by atoms with Gasteiger partial charge in [0, 0.05) is 28.5 Å². The summed E-state index contributed by atoms with van der Waals surface area (Å²) in [4.78, 5) is 9.38. The second kappa shape index (κ2) is 16.3. The third-order valence-corrected chi connectivity index (χ3v) is 13.0. The van der Waals surface area contributed by atoms with Crippen molar-refractivity contribution in [2.45, 2.75) is 56.8 Å². The Morgan fingerprint density at radius 3 is 1.84 bits per heavy atom. The Bertz CT molecular complexity index is 2220. The van der Waals surface area contributed by atoms with E-state index >= 15 is 0 Å². The molecule has 0 aliphatic carbocycles. The smallest absolute Gasteiger partial charge is 0 e. The van der Waals surface area contributed by atoms with E-state index < -0.39 is 25.1 Å². The molecule has 0 amide bonds. The maximum atomic E-state index is 8.80. The Kier molecular flexibility index (Phi) is 11.2. The fraction of sp³-hybridized carbons (Fsp3) is 0.200. The minimum atomic E-state index is -1.73. The van der Waals surface area contributed by atoms with E-state index in [0.29, 0.717) is 0 Å². The number of pyridine rings is 1. The van der Waals surface area contributed by atoms with Gasteiger partial charge in [-0.3, -0.25) is 4.98 Å². The third-order valence-electron chi connectivity index (χ3n) is 8.68. The third kappa shape index (κ3) is 8.27. The molecule has 7 rings (SSSR count). The van der Waals surface area contributed by atoms with Gasteiger partial charge in [0.1, 0.15) is 0 Å².